The van der Waals surface area contributed by atoms with Crippen LogP contribution in [0.2, 0.25) is 0 Å². The van der Waals surface area contributed by atoms with Crippen LogP contribution >= 0.6 is 11.6 Å². The van der Waals surface area contributed by atoms with Crippen LogP contribution in [0.25, 0.3) is 11.0 Å². The summed E-state index contributed by atoms with van der Waals surface area (Å²) in [5, 5.41) is 1.05. The van der Waals surface area contributed by atoms with E-state index in [0.29, 0.717) is 5.88 Å². The molecule has 0 N–H and O–H groups in total. The minimum Gasteiger partial charge on any atom is -0.464 e. The molecule has 0 fully saturated rings. The van der Waals surface area contributed by atoms with Crippen LogP contribution in [0.3, 0.4) is 0 Å². The van der Waals surface area contributed by atoms with E-state index < -0.39 is 0 Å². The molecule has 0 radical (unpaired) electrons. The lowest BCUT2D eigenvalue weighted by atomic mass is 10.3. The van der Waals surface area contributed by atoms with Crippen LogP contribution in [-0.2, 0) is 0 Å². The third-order valence-corrected chi connectivity index (χ3v) is 2.56. The first-order valence-corrected chi connectivity index (χ1v) is 5.53. The largest absolute Gasteiger partial charge is 0.464 e. The molecular formula is C11H13ClN2O. The highest BCUT2D eigenvalue weighted by Crippen LogP contribution is 2.24. The molecule has 0 unspecified atom stereocenters. The summed E-state index contributed by atoms with van der Waals surface area (Å²) in [6.45, 7) is 3.78. The zero-order valence-corrected chi connectivity index (χ0v) is 9.37. The Morgan fingerprint density at radius 1 is 1.47 bits per heavy atom. The van der Waals surface area contributed by atoms with Crippen LogP contribution in [0.4, 0.5) is 5.82 Å². The van der Waals surface area contributed by atoms with Crippen LogP contribution in [0.1, 0.15) is 6.92 Å². The van der Waals surface area contributed by atoms with Gasteiger partial charge in [-0.2, -0.15) is 0 Å². The second-order valence-electron chi connectivity index (χ2n) is 3.24. The highest BCUT2D eigenvalue weighted by atomic mass is 35.5. The Hall–Kier alpha value is -1.22. The predicted octanol–water partition coefficient (Wildman–Crippen LogP) is 2.89. The van der Waals surface area contributed by atoms with E-state index >= 15 is 0 Å². The van der Waals surface area contributed by atoms with Crippen LogP contribution < -0.4 is 4.90 Å². The van der Waals surface area contributed by atoms with Gasteiger partial charge in [-0.1, -0.05) is 0 Å². The summed E-state index contributed by atoms with van der Waals surface area (Å²) in [5.74, 6) is 1.55. The molecule has 0 aromatic carbocycles. The third kappa shape index (κ3) is 1.92. The van der Waals surface area contributed by atoms with E-state index in [0.717, 1.165) is 29.9 Å². The summed E-state index contributed by atoms with van der Waals surface area (Å²) >= 11 is 5.76. The zero-order chi connectivity index (χ0) is 10.7. The molecule has 0 aliphatic rings. The summed E-state index contributed by atoms with van der Waals surface area (Å²) in [6, 6.07) is 3.81. The number of anilines is 1. The summed E-state index contributed by atoms with van der Waals surface area (Å²) in [7, 11) is 0. The standard InChI is InChI=1S/C11H13ClN2O/c1-2-14(7-5-12)11-9-4-8-15-10(9)3-6-13-11/h3-4,6,8H,2,5,7H2,1H3. The second-order valence-corrected chi connectivity index (χ2v) is 3.61. The first kappa shape index (κ1) is 10.3. The minimum atomic E-state index is 0.601. The number of furan rings is 1. The predicted molar refractivity (Wildman–Crippen MR) is 62.6 cm³/mol. The van der Waals surface area contributed by atoms with Gasteiger partial charge in [-0.3, -0.25) is 0 Å². The maximum atomic E-state index is 5.76. The van der Waals surface area contributed by atoms with Crippen molar-refractivity contribution in [3.05, 3.63) is 24.6 Å². The number of nitrogens with zero attached hydrogens (tertiary/aromatic N) is 2. The quantitative estimate of drug-likeness (QED) is 0.748. The molecule has 2 aromatic heterocycles. The number of rotatable bonds is 4. The molecule has 4 heteroatoms. The molecule has 80 valence electrons. The molecule has 0 spiro atoms. The fourth-order valence-electron chi connectivity index (χ4n) is 1.65. The molecule has 0 amide bonds. The number of alkyl halides is 1. The lowest BCUT2D eigenvalue weighted by Gasteiger charge is -2.20. The Morgan fingerprint density at radius 3 is 3.07 bits per heavy atom. The van der Waals surface area contributed by atoms with Gasteiger partial charge in [-0.05, 0) is 19.1 Å². The normalized spacial score (nSPS) is 10.8. The van der Waals surface area contributed by atoms with Crippen LogP contribution in [0.15, 0.2) is 29.0 Å². The number of aromatic nitrogens is 1. The van der Waals surface area contributed by atoms with Gasteiger partial charge in [0.15, 0.2) is 0 Å². The fraction of sp³-hybridized carbons (Fsp3) is 0.364. The Labute approximate surface area is 93.6 Å². The molecule has 0 aliphatic carbocycles. The van der Waals surface area contributed by atoms with Gasteiger partial charge in [-0.15, -0.1) is 11.6 Å². The number of halogens is 1. The molecule has 2 aromatic rings. The lowest BCUT2D eigenvalue weighted by molar-refractivity contribution is 0.615. The number of hydrogen-bond donors (Lipinski definition) is 0. The molecule has 0 aliphatic heterocycles. The first-order valence-electron chi connectivity index (χ1n) is 5.00. The minimum absolute atomic E-state index is 0.601. The Balaban J connectivity index is 2.44. The van der Waals surface area contributed by atoms with Crippen molar-refractivity contribution in [1.82, 2.24) is 4.98 Å². The van der Waals surface area contributed by atoms with E-state index in [1.807, 2.05) is 12.1 Å². The van der Waals surface area contributed by atoms with Gasteiger partial charge in [0.1, 0.15) is 11.4 Å². The molecule has 15 heavy (non-hydrogen) atoms. The Kier molecular flexibility index (Phi) is 3.11. The fourth-order valence-corrected chi connectivity index (χ4v) is 1.85. The number of hydrogen-bond acceptors (Lipinski definition) is 3. The molecule has 0 bridgehead atoms. The number of pyridine rings is 1. The smallest absolute Gasteiger partial charge is 0.139 e. The lowest BCUT2D eigenvalue weighted by Crippen LogP contribution is -2.25. The van der Waals surface area contributed by atoms with E-state index in [1.165, 1.54) is 0 Å². The highest BCUT2D eigenvalue weighted by Gasteiger charge is 2.10. The van der Waals surface area contributed by atoms with Crippen molar-refractivity contribution in [2.75, 3.05) is 23.9 Å². The van der Waals surface area contributed by atoms with Crippen molar-refractivity contribution in [1.29, 1.82) is 0 Å². The average Bonchev–Trinajstić information content (AvgIpc) is 2.73. The van der Waals surface area contributed by atoms with Crippen molar-refractivity contribution in [2.45, 2.75) is 6.92 Å². The number of fused-ring (bicyclic) bond motifs is 1. The monoisotopic (exact) mass is 224 g/mol. The van der Waals surface area contributed by atoms with E-state index in [2.05, 4.69) is 16.8 Å². The molecule has 0 atom stereocenters. The van der Waals surface area contributed by atoms with Crippen LogP contribution in [0, 0.1) is 0 Å². The second kappa shape index (κ2) is 4.53. The summed E-state index contributed by atoms with van der Waals surface area (Å²) in [4.78, 5) is 6.52. The molecular weight excluding hydrogens is 212 g/mol. The topological polar surface area (TPSA) is 29.3 Å². The SMILES string of the molecule is CCN(CCCl)c1nccc2occc12. The van der Waals surface area contributed by atoms with E-state index in [4.69, 9.17) is 16.0 Å². The summed E-state index contributed by atoms with van der Waals surface area (Å²) in [5.41, 5.74) is 0.869. The summed E-state index contributed by atoms with van der Waals surface area (Å²) < 4.78 is 5.33. The van der Waals surface area contributed by atoms with E-state index in [9.17, 15) is 0 Å². The van der Waals surface area contributed by atoms with Gasteiger partial charge in [0.05, 0.1) is 11.6 Å². The van der Waals surface area contributed by atoms with Gasteiger partial charge in [-0.25, -0.2) is 4.98 Å². The zero-order valence-electron chi connectivity index (χ0n) is 8.61. The third-order valence-electron chi connectivity index (χ3n) is 2.39. The van der Waals surface area contributed by atoms with E-state index in [-0.39, 0.29) is 0 Å². The van der Waals surface area contributed by atoms with Crippen LogP contribution in [-0.4, -0.2) is 24.0 Å². The van der Waals surface area contributed by atoms with Crippen molar-refractivity contribution in [2.24, 2.45) is 0 Å². The highest BCUT2D eigenvalue weighted by molar-refractivity contribution is 6.18. The maximum Gasteiger partial charge on any atom is 0.139 e. The van der Waals surface area contributed by atoms with Crippen molar-refractivity contribution >= 4 is 28.4 Å². The van der Waals surface area contributed by atoms with Gasteiger partial charge >= 0.3 is 0 Å². The van der Waals surface area contributed by atoms with Crippen molar-refractivity contribution < 1.29 is 4.42 Å². The molecule has 0 saturated carbocycles. The first-order chi connectivity index (χ1) is 7.36. The maximum absolute atomic E-state index is 5.76. The average molecular weight is 225 g/mol. The Morgan fingerprint density at radius 2 is 2.33 bits per heavy atom. The van der Waals surface area contributed by atoms with Crippen molar-refractivity contribution in [3.8, 4) is 0 Å². The van der Waals surface area contributed by atoms with Gasteiger partial charge in [0.25, 0.3) is 0 Å². The van der Waals surface area contributed by atoms with Gasteiger partial charge in [0, 0.05) is 25.2 Å². The Bertz CT molecular complexity index is 441. The van der Waals surface area contributed by atoms with Gasteiger partial charge < -0.3 is 9.32 Å². The van der Waals surface area contributed by atoms with Gasteiger partial charge in [0.2, 0.25) is 0 Å². The summed E-state index contributed by atoms with van der Waals surface area (Å²) in [6.07, 6.45) is 3.45. The molecule has 3 nitrogen and oxygen atoms in total. The van der Waals surface area contributed by atoms with Crippen LogP contribution in [0.5, 0.6) is 0 Å². The molecule has 2 heterocycles. The van der Waals surface area contributed by atoms with Crippen molar-refractivity contribution in [3.63, 3.8) is 0 Å². The molecule has 2 rings (SSSR count). The van der Waals surface area contributed by atoms with E-state index in [1.54, 1.807) is 12.5 Å². The molecule has 0 saturated heterocycles.